The summed E-state index contributed by atoms with van der Waals surface area (Å²) in [6.45, 7) is 11.2. The largest absolute Gasteiger partial charge is 0.316 e. The molecule has 0 radical (unpaired) electrons. The topological polar surface area (TPSA) is 12.0 Å². The lowest BCUT2D eigenvalue weighted by Gasteiger charge is -2.05. The monoisotopic (exact) mass is 183 g/mol. The first-order valence-electron chi connectivity index (χ1n) is 5.50. The molecule has 0 unspecified atom stereocenters. The van der Waals surface area contributed by atoms with Crippen molar-refractivity contribution in [3.63, 3.8) is 0 Å². The Balaban J connectivity index is 3.08. The lowest BCUT2D eigenvalue weighted by Crippen LogP contribution is -2.17. The summed E-state index contributed by atoms with van der Waals surface area (Å²) in [6, 6.07) is 0. The van der Waals surface area contributed by atoms with E-state index in [4.69, 9.17) is 0 Å². The van der Waals surface area contributed by atoms with Gasteiger partial charge in [0.1, 0.15) is 0 Å². The number of hydrogen-bond acceptors (Lipinski definition) is 1. The van der Waals surface area contributed by atoms with E-state index in [1.807, 2.05) is 0 Å². The molecule has 0 aliphatic rings. The van der Waals surface area contributed by atoms with Crippen LogP contribution in [0.4, 0.5) is 0 Å². The van der Waals surface area contributed by atoms with Gasteiger partial charge in [0.25, 0.3) is 0 Å². The van der Waals surface area contributed by atoms with Crippen molar-refractivity contribution in [3.05, 3.63) is 12.2 Å². The Hall–Kier alpha value is -0.300. The third-order valence-electron chi connectivity index (χ3n) is 1.91. The molecule has 0 heterocycles. The zero-order valence-corrected chi connectivity index (χ0v) is 9.64. The van der Waals surface area contributed by atoms with E-state index in [-0.39, 0.29) is 0 Å². The van der Waals surface area contributed by atoms with Crippen molar-refractivity contribution >= 4 is 0 Å². The Bertz CT molecular complexity index is 125. The molecule has 78 valence electrons. The van der Waals surface area contributed by atoms with Crippen molar-refractivity contribution in [2.24, 2.45) is 11.8 Å². The normalized spacial score (nSPS) is 12.2. The van der Waals surface area contributed by atoms with Crippen molar-refractivity contribution in [2.45, 2.75) is 40.5 Å². The molecule has 0 aliphatic heterocycles. The Kier molecular flexibility index (Phi) is 8.11. The first-order chi connectivity index (χ1) is 6.13. The molecule has 1 nitrogen and oxygen atoms in total. The highest BCUT2D eigenvalue weighted by molar-refractivity contribution is 4.84. The summed E-state index contributed by atoms with van der Waals surface area (Å²) >= 11 is 0. The molecular weight excluding hydrogens is 158 g/mol. The maximum atomic E-state index is 3.44. The molecule has 0 aromatic heterocycles. The van der Waals surface area contributed by atoms with Crippen LogP contribution in [0.25, 0.3) is 0 Å². The van der Waals surface area contributed by atoms with E-state index in [9.17, 15) is 0 Å². The Morgan fingerprint density at radius 2 is 1.77 bits per heavy atom. The number of nitrogens with one attached hydrogen (secondary N) is 1. The van der Waals surface area contributed by atoms with Gasteiger partial charge in [0.15, 0.2) is 0 Å². The van der Waals surface area contributed by atoms with Crippen LogP contribution in [0.5, 0.6) is 0 Å². The van der Waals surface area contributed by atoms with Crippen LogP contribution in [-0.4, -0.2) is 13.1 Å². The van der Waals surface area contributed by atoms with Gasteiger partial charge in [0.2, 0.25) is 0 Å². The van der Waals surface area contributed by atoms with Gasteiger partial charge in [0, 0.05) is 0 Å². The van der Waals surface area contributed by atoms with Gasteiger partial charge in [-0.2, -0.15) is 0 Å². The summed E-state index contributed by atoms with van der Waals surface area (Å²) in [4.78, 5) is 0. The van der Waals surface area contributed by atoms with E-state index in [1.165, 1.54) is 6.42 Å². The highest BCUT2D eigenvalue weighted by Gasteiger charge is 1.91. The fourth-order valence-corrected chi connectivity index (χ4v) is 1.07. The van der Waals surface area contributed by atoms with E-state index in [2.05, 4.69) is 45.2 Å². The smallest absolute Gasteiger partial charge is 0.00143 e. The highest BCUT2D eigenvalue weighted by atomic mass is 14.8. The maximum absolute atomic E-state index is 3.44. The molecule has 0 saturated carbocycles. The molecule has 0 bridgehead atoms. The minimum absolute atomic E-state index is 0.690. The third-order valence-corrected chi connectivity index (χ3v) is 1.91. The fourth-order valence-electron chi connectivity index (χ4n) is 1.07. The minimum Gasteiger partial charge on any atom is -0.316 e. The fraction of sp³-hybridized carbons (Fsp3) is 0.833. The Labute approximate surface area is 83.6 Å². The molecule has 13 heavy (non-hydrogen) atoms. The van der Waals surface area contributed by atoms with Crippen LogP contribution < -0.4 is 5.32 Å². The van der Waals surface area contributed by atoms with Gasteiger partial charge in [-0.05, 0) is 37.8 Å². The molecule has 0 aromatic carbocycles. The van der Waals surface area contributed by atoms with Crippen LogP contribution >= 0.6 is 0 Å². The van der Waals surface area contributed by atoms with Gasteiger partial charge in [-0.25, -0.2) is 0 Å². The van der Waals surface area contributed by atoms with Crippen LogP contribution in [0.15, 0.2) is 12.2 Å². The maximum Gasteiger partial charge on any atom is -0.00143 e. The van der Waals surface area contributed by atoms with Crippen LogP contribution in [0.3, 0.4) is 0 Å². The molecule has 0 saturated heterocycles. The molecule has 0 atom stereocenters. The lowest BCUT2D eigenvalue weighted by molar-refractivity contribution is 0.540. The quantitative estimate of drug-likeness (QED) is 0.472. The predicted octanol–water partition coefficient (Wildman–Crippen LogP) is 3.22. The van der Waals surface area contributed by atoms with Gasteiger partial charge in [-0.15, -0.1) is 0 Å². The van der Waals surface area contributed by atoms with Crippen molar-refractivity contribution < 1.29 is 0 Å². The number of rotatable bonds is 7. The van der Waals surface area contributed by atoms with E-state index in [0.29, 0.717) is 5.92 Å². The number of allylic oxidation sites excluding steroid dienone is 1. The van der Waals surface area contributed by atoms with Gasteiger partial charge in [-0.3, -0.25) is 0 Å². The highest BCUT2D eigenvalue weighted by Crippen LogP contribution is 1.97. The molecule has 0 spiro atoms. The molecular formula is C12H25N. The SMILES string of the molecule is CC(C)/C=C/CCNCCC(C)C. The summed E-state index contributed by atoms with van der Waals surface area (Å²) in [6.07, 6.45) is 6.99. The van der Waals surface area contributed by atoms with Crippen LogP contribution in [-0.2, 0) is 0 Å². The van der Waals surface area contributed by atoms with Gasteiger partial charge < -0.3 is 5.32 Å². The molecule has 0 fully saturated rings. The first-order valence-corrected chi connectivity index (χ1v) is 5.50. The summed E-state index contributed by atoms with van der Waals surface area (Å²) in [5.41, 5.74) is 0. The average Bonchev–Trinajstić information content (AvgIpc) is 2.01. The van der Waals surface area contributed by atoms with Crippen LogP contribution in [0.2, 0.25) is 0 Å². The van der Waals surface area contributed by atoms with Gasteiger partial charge >= 0.3 is 0 Å². The molecule has 0 amide bonds. The second-order valence-corrected chi connectivity index (χ2v) is 4.39. The second kappa shape index (κ2) is 8.31. The van der Waals surface area contributed by atoms with Crippen molar-refractivity contribution in [1.82, 2.24) is 5.32 Å². The van der Waals surface area contributed by atoms with E-state index >= 15 is 0 Å². The van der Waals surface area contributed by atoms with Gasteiger partial charge in [-0.1, -0.05) is 39.8 Å². The Morgan fingerprint density at radius 1 is 1.08 bits per heavy atom. The first kappa shape index (κ1) is 12.7. The van der Waals surface area contributed by atoms with E-state index < -0.39 is 0 Å². The average molecular weight is 183 g/mol. The zero-order chi connectivity index (χ0) is 10.1. The summed E-state index contributed by atoms with van der Waals surface area (Å²) in [5, 5.41) is 3.44. The minimum atomic E-state index is 0.690. The van der Waals surface area contributed by atoms with Gasteiger partial charge in [0.05, 0.1) is 0 Å². The lowest BCUT2D eigenvalue weighted by atomic mass is 10.1. The standard InChI is InChI=1S/C12H25N/c1-11(2)7-5-6-9-13-10-8-12(3)4/h5,7,11-13H,6,8-10H2,1-4H3/b7-5+. The van der Waals surface area contributed by atoms with E-state index in [0.717, 1.165) is 25.4 Å². The van der Waals surface area contributed by atoms with Crippen molar-refractivity contribution in [2.75, 3.05) is 13.1 Å². The van der Waals surface area contributed by atoms with Crippen LogP contribution in [0.1, 0.15) is 40.5 Å². The Morgan fingerprint density at radius 3 is 2.31 bits per heavy atom. The molecule has 0 aromatic rings. The van der Waals surface area contributed by atoms with Crippen LogP contribution in [0, 0.1) is 11.8 Å². The summed E-state index contributed by atoms with van der Waals surface area (Å²) in [5.74, 6) is 1.51. The van der Waals surface area contributed by atoms with Crippen molar-refractivity contribution in [3.8, 4) is 0 Å². The van der Waals surface area contributed by atoms with Crippen molar-refractivity contribution in [1.29, 1.82) is 0 Å². The number of hydrogen-bond donors (Lipinski definition) is 1. The zero-order valence-electron chi connectivity index (χ0n) is 9.64. The third kappa shape index (κ3) is 11.7. The molecule has 1 N–H and O–H groups in total. The van der Waals surface area contributed by atoms with E-state index in [1.54, 1.807) is 0 Å². The predicted molar refractivity (Wildman–Crippen MR) is 60.9 cm³/mol. The second-order valence-electron chi connectivity index (χ2n) is 4.39. The summed E-state index contributed by atoms with van der Waals surface area (Å²) < 4.78 is 0. The molecule has 0 aliphatic carbocycles. The summed E-state index contributed by atoms with van der Waals surface area (Å²) in [7, 11) is 0. The molecule has 1 heteroatoms. The molecule has 0 rings (SSSR count).